The van der Waals surface area contributed by atoms with Crippen LogP contribution < -0.4 is 0 Å². The van der Waals surface area contributed by atoms with Crippen LogP contribution in [0.15, 0.2) is 47.0 Å². The minimum Gasteiger partial charge on any atom is -0.294 e. The molecule has 0 unspecified atom stereocenters. The number of dihydropyridines is 1. The molecule has 1 aromatic rings. The van der Waals surface area contributed by atoms with E-state index in [-0.39, 0.29) is 5.91 Å². The highest BCUT2D eigenvalue weighted by molar-refractivity contribution is 6.09. The van der Waals surface area contributed by atoms with Crippen molar-refractivity contribution in [1.29, 1.82) is 0 Å². The van der Waals surface area contributed by atoms with Crippen molar-refractivity contribution in [3.05, 3.63) is 47.5 Å². The zero-order chi connectivity index (χ0) is 12.4. The number of hydrogen-bond donors (Lipinski definition) is 0. The van der Waals surface area contributed by atoms with E-state index < -0.39 is 0 Å². The Balaban J connectivity index is 1.68. The number of fused-ring (bicyclic) bond motifs is 1. The number of rotatable bonds is 2. The summed E-state index contributed by atoms with van der Waals surface area (Å²) < 4.78 is 0. The number of carbonyl (C=O) groups excluding carboxylic acids is 1. The van der Waals surface area contributed by atoms with E-state index in [1.165, 1.54) is 11.1 Å². The Bertz CT molecular complexity index is 517. The van der Waals surface area contributed by atoms with Crippen LogP contribution >= 0.6 is 0 Å². The minimum atomic E-state index is 0.00487. The third kappa shape index (κ3) is 2.41. The smallest absolute Gasteiger partial charge is 0.249 e. The van der Waals surface area contributed by atoms with E-state index >= 15 is 0 Å². The summed E-state index contributed by atoms with van der Waals surface area (Å²) in [6.07, 6.45) is 3.41. The molecule has 0 atom stereocenters. The maximum atomic E-state index is 11.2. The molecule has 1 aromatic carbocycles. The lowest BCUT2D eigenvalue weighted by atomic mass is 9.98. The lowest BCUT2D eigenvalue weighted by molar-refractivity contribution is -0.117. The van der Waals surface area contributed by atoms with Crippen molar-refractivity contribution in [2.24, 2.45) is 4.99 Å². The average molecular weight is 240 g/mol. The monoisotopic (exact) mass is 240 g/mol. The molecule has 0 spiro atoms. The molecule has 1 saturated heterocycles. The molecule has 1 fully saturated rings. The highest BCUT2D eigenvalue weighted by Crippen LogP contribution is 2.19. The number of nitrogens with zero attached hydrogens (tertiary/aromatic N) is 2. The maximum absolute atomic E-state index is 11.2. The number of carbonyl (C=O) groups is 1. The van der Waals surface area contributed by atoms with Gasteiger partial charge in [-0.1, -0.05) is 36.4 Å². The van der Waals surface area contributed by atoms with Crippen molar-refractivity contribution in [3.8, 4) is 0 Å². The van der Waals surface area contributed by atoms with Gasteiger partial charge in [-0.3, -0.25) is 9.69 Å². The van der Waals surface area contributed by atoms with Gasteiger partial charge in [0, 0.05) is 38.2 Å². The fourth-order valence-corrected chi connectivity index (χ4v) is 2.53. The Morgan fingerprint density at radius 3 is 2.89 bits per heavy atom. The summed E-state index contributed by atoms with van der Waals surface area (Å²) in [6, 6.07) is 10.5. The Morgan fingerprint density at radius 2 is 2.06 bits per heavy atom. The molecule has 92 valence electrons. The molecule has 0 aliphatic carbocycles. The summed E-state index contributed by atoms with van der Waals surface area (Å²) in [5, 5.41) is 0. The van der Waals surface area contributed by atoms with Crippen molar-refractivity contribution < 1.29 is 4.79 Å². The van der Waals surface area contributed by atoms with E-state index in [2.05, 4.69) is 34.2 Å². The number of likely N-dealkylation sites (tertiary alicyclic amines) is 1. The van der Waals surface area contributed by atoms with Gasteiger partial charge in [0.05, 0.1) is 0 Å². The first-order valence-electron chi connectivity index (χ1n) is 6.37. The van der Waals surface area contributed by atoms with Crippen LogP contribution in [0, 0.1) is 0 Å². The van der Waals surface area contributed by atoms with Crippen LogP contribution in [0.25, 0.3) is 0 Å². The number of amides is 1. The highest BCUT2D eigenvalue weighted by atomic mass is 16.1. The van der Waals surface area contributed by atoms with Crippen LogP contribution in [0.5, 0.6) is 0 Å². The molecule has 0 N–H and O–H groups in total. The van der Waals surface area contributed by atoms with Gasteiger partial charge >= 0.3 is 0 Å². The van der Waals surface area contributed by atoms with Gasteiger partial charge in [-0.15, -0.1) is 0 Å². The second-order valence-electron chi connectivity index (χ2n) is 4.83. The Labute approximate surface area is 107 Å². The molecule has 3 heteroatoms. The summed E-state index contributed by atoms with van der Waals surface area (Å²) in [5.74, 6) is 0.00487. The normalized spacial score (nSPS) is 20.1. The van der Waals surface area contributed by atoms with E-state index in [9.17, 15) is 4.79 Å². The van der Waals surface area contributed by atoms with Crippen molar-refractivity contribution in [2.45, 2.75) is 19.4 Å². The summed E-state index contributed by atoms with van der Waals surface area (Å²) in [7, 11) is 0. The molecule has 0 aromatic heterocycles. The van der Waals surface area contributed by atoms with Crippen LogP contribution in [-0.2, 0) is 11.3 Å². The standard InChI is InChI=1S/C15H16N2O/c18-15-7-6-13-11-17(9-8-14(13)16-15)10-12-4-2-1-3-5-12/h1-6H,7-11H2. The van der Waals surface area contributed by atoms with Crippen LogP contribution in [0.3, 0.4) is 0 Å². The van der Waals surface area contributed by atoms with Gasteiger partial charge in [0.15, 0.2) is 0 Å². The Morgan fingerprint density at radius 1 is 1.22 bits per heavy atom. The fraction of sp³-hybridized carbons (Fsp3) is 0.333. The zero-order valence-corrected chi connectivity index (χ0v) is 10.3. The SMILES string of the molecule is O=C1CC=C2CN(Cc3ccccc3)CCC2=N1. The lowest BCUT2D eigenvalue weighted by Crippen LogP contribution is -2.36. The van der Waals surface area contributed by atoms with Crippen molar-refractivity contribution in [3.63, 3.8) is 0 Å². The third-order valence-electron chi connectivity index (χ3n) is 3.46. The van der Waals surface area contributed by atoms with E-state index in [0.717, 1.165) is 31.8 Å². The predicted molar refractivity (Wildman–Crippen MR) is 71.5 cm³/mol. The summed E-state index contributed by atoms with van der Waals surface area (Å²) in [5.41, 5.74) is 3.60. The number of aliphatic imine (C=N–C) groups is 1. The Hall–Kier alpha value is -1.74. The van der Waals surface area contributed by atoms with Crippen LogP contribution in [-0.4, -0.2) is 29.6 Å². The van der Waals surface area contributed by atoms with Crippen LogP contribution in [0.4, 0.5) is 0 Å². The maximum Gasteiger partial charge on any atom is 0.249 e. The first-order chi connectivity index (χ1) is 8.81. The molecular weight excluding hydrogens is 224 g/mol. The third-order valence-corrected chi connectivity index (χ3v) is 3.46. The highest BCUT2D eigenvalue weighted by Gasteiger charge is 2.23. The summed E-state index contributed by atoms with van der Waals surface area (Å²) >= 11 is 0. The minimum absolute atomic E-state index is 0.00487. The quantitative estimate of drug-likeness (QED) is 0.793. The molecule has 2 aliphatic rings. The zero-order valence-electron chi connectivity index (χ0n) is 10.3. The second-order valence-corrected chi connectivity index (χ2v) is 4.83. The molecular formula is C15H16N2O. The van der Waals surface area contributed by atoms with Gasteiger partial charge in [0.2, 0.25) is 5.91 Å². The van der Waals surface area contributed by atoms with Gasteiger partial charge in [0.1, 0.15) is 0 Å². The molecule has 2 heterocycles. The fourth-order valence-electron chi connectivity index (χ4n) is 2.53. The summed E-state index contributed by atoms with van der Waals surface area (Å²) in [4.78, 5) is 17.8. The molecule has 2 aliphatic heterocycles. The van der Waals surface area contributed by atoms with Crippen molar-refractivity contribution >= 4 is 11.6 Å². The molecule has 1 amide bonds. The lowest BCUT2D eigenvalue weighted by Gasteiger charge is -2.30. The first kappa shape index (κ1) is 11.4. The van der Waals surface area contributed by atoms with E-state index in [0.29, 0.717) is 6.42 Å². The first-order valence-corrected chi connectivity index (χ1v) is 6.37. The Kier molecular flexibility index (Phi) is 3.07. The van der Waals surface area contributed by atoms with E-state index in [1.807, 2.05) is 12.1 Å². The molecule has 0 radical (unpaired) electrons. The summed E-state index contributed by atoms with van der Waals surface area (Å²) in [6.45, 7) is 2.87. The number of piperidine rings is 1. The topological polar surface area (TPSA) is 32.7 Å². The van der Waals surface area contributed by atoms with Gasteiger partial charge in [-0.2, -0.15) is 0 Å². The van der Waals surface area contributed by atoms with Gasteiger partial charge < -0.3 is 0 Å². The predicted octanol–water partition coefficient (Wildman–Crippen LogP) is 2.19. The number of benzene rings is 1. The molecule has 0 bridgehead atoms. The average Bonchev–Trinajstić information content (AvgIpc) is 2.40. The van der Waals surface area contributed by atoms with Gasteiger partial charge in [0.25, 0.3) is 0 Å². The molecule has 3 rings (SSSR count). The molecule has 18 heavy (non-hydrogen) atoms. The van der Waals surface area contributed by atoms with Crippen molar-refractivity contribution in [1.82, 2.24) is 4.90 Å². The van der Waals surface area contributed by atoms with E-state index in [1.54, 1.807) is 0 Å². The van der Waals surface area contributed by atoms with Crippen LogP contribution in [0.1, 0.15) is 18.4 Å². The van der Waals surface area contributed by atoms with Crippen LogP contribution in [0.2, 0.25) is 0 Å². The van der Waals surface area contributed by atoms with Gasteiger partial charge in [-0.05, 0) is 11.1 Å². The van der Waals surface area contributed by atoms with E-state index in [4.69, 9.17) is 0 Å². The second kappa shape index (κ2) is 4.86. The van der Waals surface area contributed by atoms with Gasteiger partial charge in [-0.25, -0.2) is 4.99 Å². The molecule has 3 nitrogen and oxygen atoms in total. The number of hydrogen-bond acceptors (Lipinski definition) is 2. The van der Waals surface area contributed by atoms with Crippen molar-refractivity contribution in [2.75, 3.05) is 13.1 Å². The molecule has 0 saturated carbocycles. The largest absolute Gasteiger partial charge is 0.294 e.